The Morgan fingerprint density at radius 1 is 1.11 bits per heavy atom. The standard InChI is InChI=1S/C22H29N3O2.HI/c1-4-23-22(25-14-18-11-15(2)21(26)16(3)12-18)24-9-7-17-5-6-20-19(13-17)8-10-27-20;/h5-6,11-13,26H,4,7-10,14H2,1-3H3,(H2,23,24,25);1H. The minimum Gasteiger partial charge on any atom is -0.507 e. The molecule has 1 aliphatic heterocycles. The molecule has 3 N–H and O–H groups in total. The Bertz CT molecular complexity index is 814. The zero-order valence-electron chi connectivity index (χ0n) is 16.8. The highest BCUT2D eigenvalue weighted by molar-refractivity contribution is 14.0. The lowest BCUT2D eigenvalue weighted by molar-refractivity contribution is 0.357. The quantitative estimate of drug-likeness (QED) is 0.324. The SMILES string of the molecule is CCNC(=NCc1cc(C)c(O)c(C)c1)NCCc1ccc2c(c1)CCO2.I. The van der Waals surface area contributed by atoms with Crippen LogP contribution in [0.5, 0.6) is 11.5 Å². The summed E-state index contributed by atoms with van der Waals surface area (Å²) in [6, 6.07) is 10.4. The van der Waals surface area contributed by atoms with Crippen LogP contribution in [0.15, 0.2) is 35.3 Å². The molecule has 3 rings (SSSR count). The molecule has 0 radical (unpaired) electrons. The highest BCUT2D eigenvalue weighted by Crippen LogP contribution is 2.26. The Hall–Kier alpha value is -1.96. The third-order valence-corrected chi connectivity index (χ3v) is 4.77. The highest BCUT2D eigenvalue weighted by atomic mass is 127. The van der Waals surface area contributed by atoms with Crippen molar-refractivity contribution in [2.24, 2.45) is 4.99 Å². The molecule has 28 heavy (non-hydrogen) atoms. The van der Waals surface area contributed by atoms with E-state index in [1.54, 1.807) is 0 Å². The molecule has 6 heteroatoms. The molecule has 0 spiro atoms. The van der Waals surface area contributed by atoms with E-state index in [0.717, 1.165) is 60.9 Å². The number of guanidine groups is 1. The van der Waals surface area contributed by atoms with Gasteiger partial charge < -0.3 is 20.5 Å². The smallest absolute Gasteiger partial charge is 0.191 e. The summed E-state index contributed by atoms with van der Waals surface area (Å²) in [6.45, 7) is 8.90. The molecule has 0 saturated heterocycles. The van der Waals surface area contributed by atoms with Gasteiger partial charge in [-0.3, -0.25) is 0 Å². The maximum atomic E-state index is 9.91. The summed E-state index contributed by atoms with van der Waals surface area (Å²) in [6.07, 6.45) is 1.95. The Morgan fingerprint density at radius 2 is 1.86 bits per heavy atom. The molecule has 152 valence electrons. The molecule has 0 atom stereocenters. The largest absolute Gasteiger partial charge is 0.507 e. The van der Waals surface area contributed by atoms with E-state index in [2.05, 4.69) is 40.7 Å². The van der Waals surface area contributed by atoms with Crippen LogP contribution >= 0.6 is 24.0 Å². The fourth-order valence-corrected chi connectivity index (χ4v) is 3.37. The van der Waals surface area contributed by atoms with Crippen molar-refractivity contribution >= 4 is 29.9 Å². The van der Waals surface area contributed by atoms with Crippen molar-refractivity contribution in [3.63, 3.8) is 0 Å². The predicted molar refractivity (Wildman–Crippen MR) is 125 cm³/mol. The molecule has 0 aromatic heterocycles. The van der Waals surface area contributed by atoms with E-state index in [9.17, 15) is 5.11 Å². The maximum absolute atomic E-state index is 9.91. The van der Waals surface area contributed by atoms with Crippen LogP contribution in [0.4, 0.5) is 0 Å². The average molecular weight is 495 g/mol. The molecular weight excluding hydrogens is 465 g/mol. The summed E-state index contributed by atoms with van der Waals surface area (Å²) >= 11 is 0. The zero-order chi connectivity index (χ0) is 19.2. The van der Waals surface area contributed by atoms with Gasteiger partial charge in [0.25, 0.3) is 0 Å². The third kappa shape index (κ3) is 5.77. The van der Waals surface area contributed by atoms with Gasteiger partial charge in [-0.05, 0) is 61.1 Å². The number of hydrogen-bond acceptors (Lipinski definition) is 3. The summed E-state index contributed by atoms with van der Waals surface area (Å²) < 4.78 is 5.57. The first-order chi connectivity index (χ1) is 13.1. The van der Waals surface area contributed by atoms with Gasteiger partial charge in [-0.2, -0.15) is 0 Å². The van der Waals surface area contributed by atoms with Gasteiger partial charge in [-0.15, -0.1) is 24.0 Å². The first-order valence-electron chi connectivity index (χ1n) is 9.62. The number of aliphatic imine (C=N–C) groups is 1. The minimum absolute atomic E-state index is 0. The monoisotopic (exact) mass is 495 g/mol. The van der Waals surface area contributed by atoms with Crippen LogP contribution in [0.1, 0.15) is 34.7 Å². The number of rotatable bonds is 6. The van der Waals surface area contributed by atoms with E-state index in [-0.39, 0.29) is 24.0 Å². The minimum atomic E-state index is 0. The predicted octanol–water partition coefficient (Wildman–Crippen LogP) is 3.86. The number of fused-ring (bicyclic) bond motifs is 1. The van der Waals surface area contributed by atoms with E-state index in [1.165, 1.54) is 11.1 Å². The number of nitrogens with zero attached hydrogens (tertiary/aromatic N) is 1. The van der Waals surface area contributed by atoms with Gasteiger partial charge in [0.1, 0.15) is 11.5 Å². The molecule has 2 aromatic rings. The number of aryl methyl sites for hydroxylation is 2. The van der Waals surface area contributed by atoms with Gasteiger partial charge in [-0.25, -0.2) is 4.99 Å². The fraction of sp³-hybridized carbons (Fsp3) is 0.409. The number of ether oxygens (including phenoxy) is 1. The van der Waals surface area contributed by atoms with Gasteiger partial charge in [0.2, 0.25) is 0 Å². The molecule has 0 aliphatic carbocycles. The average Bonchev–Trinajstić information content (AvgIpc) is 3.12. The van der Waals surface area contributed by atoms with Crippen molar-refractivity contribution in [3.05, 3.63) is 58.1 Å². The van der Waals surface area contributed by atoms with E-state index in [1.807, 2.05) is 26.0 Å². The van der Waals surface area contributed by atoms with Crippen molar-refractivity contribution in [2.45, 2.75) is 40.2 Å². The van der Waals surface area contributed by atoms with E-state index < -0.39 is 0 Å². The Labute approximate surface area is 184 Å². The number of halogens is 1. The zero-order valence-corrected chi connectivity index (χ0v) is 19.2. The summed E-state index contributed by atoms with van der Waals surface area (Å²) in [5, 5.41) is 16.6. The van der Waals surface area contributed by atoms with Crippen molar-refractivity contribution in [1.82, 2.24) is 10.6 Å². The number of hydrogen-bond donors (Lipinski definition) is 3. The Balaban J connectivity index is 0.00000280. The van der Waals surface area contributed by atoms with Crippen LogP contribution in [0, 0.1) is 13.8 Å². The van der Waals surface area contributed by atoms with E-state index in [4.69, 9.17) is 4.74 Å². The molecule has 0 saturated carbocycles. The van der Waals surface area contributed by atoms with Crippen LogP contribution in [0.25, 0.3) is 0 Å². The molecule has 2 aromatic carbocycles. The molecule has 0 fully saturated rings. The third-order valence-electron chi connectivity index (χ3n) is 4.77. The number of phenols is 1. The van der Waals surface area contributed by atoms with Crippen molar-refractivity contribution in [3.8, 4) is 11.5 Å². The molecule has 0 unspecified atom stereocenters. The normalized spacial score (nSPS) is 12.8. The van der Waals surface area contributed by atoms with Crippen molar-refractivity contribution in [1.29, 1.82) is 0 Å². The maximum Gasteiger partial charge on any atom is 0.191 e. The molecular formula is C22H30IN3O2. The number of benzene rings is 2. The summed E-state index contributed by atoms with van der Waals surface area (Å²) in [4.78, 5) is 4.68. The first-order valence-corrected chi connectivity index (χ1v) is 9.62. The lowest BCUT2D eigenvalue weighted by Crippen LogP contribution is -2.38. The fourth-order valence-electron chi connectivity index (χ4n) is 3.37. The summed E-state index contributed by atoms with van der Waals surface area (Å²) in [5.41, 5.74) is 5.50. The number of aromatic hydroxyl groups is 1. The van der Waals surface area contributed by atoms with Crippen LogP contribution in [0.2, 0.25) is 0 Å². The molecule has 5 nitrogen and oxygen atoms in total. The Morgan fingerprint density at radius 3 is 2.57 bits per heavy atom. The first kappa shape index (κ1) is 22.3. The lowest BCUT2D eigenvalue weighted by Gasteiger charge is -2.12. The van der Waals surface area contributed by atoms with Gasteiger partial charge in [0.05, 0.1) is 13.2 Å². The highest BCUT2D eigenvalue weighted by Gasteiger charge is 2.11. The van der Waals surface area contributed by atoms with Crippen LogP contribution in [-0.4, -0.2) is 30.8 Å². The summed E-state index contributed by atoms with van der Waals surface area (Å²) in [5.74, 6) is 2.21. The van der Waals surface area contributed by atoms with Gasteiger partial charge in [0, 0.05) is 19.5 Å². The second-order valence-corrected chi connectivity index (χ2v) is 6.99. The molecule has 1 heterocycles. The second-order valence-electron chi connectivity index (χ2n) is 6.99. The van der Waals surface area contributed by atoms with E-state index >= 15 is 0 Å². The molecule has 0 amide bonds. The summed E-state index contributed by atoms with van der Waals surface area (Å²) in [7, 11) is 0. The van der Waals surface area contributed by atoms with Crippen molar-refractivity contribution < 1.29 is 9.84 Å². The van der Waals surface area contributed by atoms with Crippen LogP contribution in [0.3, 0.4) is 0 Å². The Kier molecular flexibility index (Phi) is 8.41. The van der Waals surface area contributed by atoms with Crippen LogP contribution in [-0.2, 0) is 19.4 Å². The van der Waals surface area contributed by atoms with Gasteiger partial charge >= 0.3 is 0 Å². The van der Waals surface area contributed by atoms with Crippen molar-refractivity contribution in [2.75, 3.05) is 19.7 Å². The second kappa shape index (κ2) is 10.5. The lowest BCUT2D eigenvalue weighted by atomic mass is 10.1. The van der Waals surface area contributed by atoms with Gasteiger partial charge in [-0.1, -0.05) is 24.3 Å². The van der Waals surface area contributed by atoms with E-state index in [0.29, 0.717) is 12.3 Å². The topological polar surface area (TPSA) is 65.9 Å². The van der Waals surface area contributed by atoms with Crippen LogP contribution < -0.4 is 15.4 Å². The van der Waals surface area contributed by atoms with Gasteiger partial charge in [0.15, 0.2) is 5.96 Å². The molecule has 1 aliphatic rings. The number of phenolic OH excluding ortho intramolecular Hbond substituents is 1. The molecule has 0 bridgehead atoms. The number of nitrogens with one attached hydrogen (secondary N) is 2.